The number of aromatic nitrogens is 1. The number of hydrogen-bond acceptors (Lipinski definition) is 5. The Morgan fingerprint density at radius 3 is 2.71 bits per heavy atom. The SMILES string of the molecule is CC1C2CC(C2)N(C(=O)C2(C)N=CSC2c2ccccc2)C1COc1nccc2ccccc12. The number of rotatable bonds is 5. The van der Waals surface area contributed by atoms with E-state index in [1.54, 1.807) is 18.0 Å². The van der Waals surface area contributed by atoms with Crippen LogP contribution in [0.25, 0.3) is 10.8 Å². The highest BCUT2D eigenvalue weighted by Gasteiger charge is 2.56. The van der Waals surface area contributed by atoms with Crippen molar-refractivity contribution in [1.82, 2.24) is 9.88 Å². The quantitative estimate of drug-likeness (QED) is 0.492. The second-order valence-corrected chi connectivity index (χ2v) is 10.9. The van der Waals surface area contributed by atoms with E-state index in [4.69, 9.17) is 9.73 Å². The Bertz CT molecular complexity index is 1240. The maximum absolute atomic E-state index is 14.2. The molecule has 6 heteroatoms. The summed E-state index contributed by atoms with van der Waals surface area (Å²) in [6.45, 7) is 4.72. The van der Waals surface area contributed by atoms with Crippen molar-refractivity contribution in [3.63, 3.8) is 0 Å². The summed E-state index contributed by atoms with van der Waals surface area (Å²) < 4.78 is 6.34. The highest BCUT2D eigenvalue weighted by Crippen LogP contribution is 2.51. The van der Waals surface area contributed by atoms with Crippen molar-refractivity contribution < 1.29 is 9.53 Å². The summed E-state index contributed by atoms with van der Waals surface area (Å²) in [7, 11) is 0. The van der Waals surface area contributed by atoms with Crippen molar-refractivity contribution in [3.8, 4) is 5.88 Å². The average molecular weight is 472 g/mol. The predicted molar refractivity (Wildman–Crippen MR) is 137 cm³/mol. The van der Waals surface area contributed by atoms with E-state index in [1.807, 2.05) is 54.9 Å². The Morgan fingerprint density at radius 2 is 1.88 bits per heavy atom. The standard InChI is InChI=1S/C28H29N3O2S/c1-18-21-14-22(15-21)31(24(18)16-33-26-23-11-7-6-8-19(23)12-13-29-26)27(32)28(2)25(34-17-30-28)20-9-4-3-5-10-20/h3-13,17-18,21-22,24-25H,14-16H2,1-2H3. The fourth-order valence-electron chi connectivity index (χ4n) is 5.91. The van der Waals surface area contributed by atoms with Gasteiger partial charge in [-0.05, 0) is 54.7 Å². The molecule has 1 aromatic heterocycles. The van der Waals surface area contributed by atoms with Crippen LogP contribution in [0.1, 0.15) is 37.5 Å². The smallest absolute Gasteiger partial charge is 0.252 e. The Balaban J connectivity index is 1.29. The highest BCUT2D eigenvalue weighted by molar-refractivity contribution is 8.12. The lowest BCUT2D eigenvalue weighted by atomic mass is 9.64. The van der Waals surface area contributed by atoms with Gasteiger partial charge in [0.2, 0.25) is 5.88 Å². The molecule has 1 saturated carbocycles. The molecule has 4 atom stereocenters. The van der Waals surface area contributed by atoms with Gasteiger partial charge in [-0.3, -0.25) is 9.79 Å². The largest absolute Gasteiger partial charge is 0.475 e. The lowest BCUT2D eigenvalue weighted by Crippen LogP contribution is -2.67. The Hall–Kier alpha value is -2.86. The van der Waals surface area contributed by atoms with E-state index in [0.29, 0.717) is 24.3 Å². The third kappa shape index (κ3) is 3.42. The topological polar surface area (TPSA) is 54.8 Å². The van der Waals surface area contributed by atoms with Gasteiger partial charge in [-0.15, -0.1) is 11.8 Å². The van der Waals surface area contributed by atoms with Crippen molar-refractivity contribution in [1.29, 1.82) is 0 Å². The third-order valence-corrected chi connectivity index (χ3v) is 9.31. The van der Waals surface area contributed by atoms with Crippen LogP contribution in [-0.2, 0) is 4.79 Å². The minimum absolute atomic E-state index is 0.0137. The van der Waals surface area contributed by atoms with Crippen LogP contribution in [0.3, 0.4) is 0 Å². The number of aliphatic imine (C=N–C) groups is 1. The summed E-state index contributed by atoms with van der Waals surface area (Å²) >= 11 is 1.64. The number of carbonyl (C=O) groups excluding carboxylic acids is 1. The number of pyridine rings is 1. The van der Waals surface area contributed by atoms with Gasteiger partial charge < -0.3 is 9.64 Å². The molecule has 4 aliphatic rings. The van der Waals surface area contributed by atoms with Crippen molar-refractivity contribution in [2.24, 2.45) is 16.8 Å². The monoisotopic (exact) mass is 471 g/mol. The Kier molecular flexibility index (Phi) is 5.36. The molecule has 7 rings (SSSR count). The lowest BCUT2D eigenvalue weighted by Gasteiger charge is -2.58. The maximum atomic E-state index is 14.2. The second-order valence-electron chi connectivity index (χ2n) is 9.98. The van der Waals surface area contributed by atoms with Crippen molar-refractivity contribution in [3.05, 3.63) is 72.4 Å². The zero-order valence-electron chi connectivity index (χ0n) is 19.5. The molecule has 0 radical (unpaired) electrons. The number of nitrogens with zero attached hydrogens (tertiary/aromatic N) is 3. The van der Waals surface area contributed by atoms with Crippen molar-refractivity contribution in [2.45, 2.75) is 49.6 Å². The van der Waals surface area contributed by atoms with Crippen LogP contribution in [0.5, 0.6) is 5.88 Å². The fraction of sp³-hybridized carbons (Fsp3) is 0.393. The van der Waals surface area contributed by atoms with Crippen molar-refractivity contribution >= 4 is 34.0 Å². The van der Waals surface area contributed by atoms with Gasteiger partial charge in [0.05, 0.1) is 16.8 Å². The fourth-order valence-corrected chi connectivity index (χ4v) is 7.05. The van der Waals surface area contributed by atoms with Gasteiger partial charge >= 0.3 is 0 Å². The normalized spacial score (nSPS) is 31.9. The van der Waals surface area contributed by atoms with Gasteiger partial charge in [-0.25, -0.2) is 4.98 Å². The first-order valence-electron chi connectivity index (χ1n) is 12.1. The van der Waals surface area contributed by atoms with Gasteiger partial charge in [0.25, 0.3) is 5.91 Å². The Labute approximate surface area is 204 Å². The van der Waals surface area contributed by atoms with E-state index in [0.717, 1.165) is 29.2 Å². The van der Waals surface area contributed by atoms with Gasteiger partial charge in [0.1, 0.15) is 6.61 Å². The summed E-state index contributed by atoms with van der Waals surface area (Å²) in [6, 6.07) is 20.7. The number of amides is 1. The number of hydrogen-bond donors (Lipinski definition) is 0. The molecule has 2 aromatic carbocycles. The zero-order valence-corrected chi connectivity index (χ0v) is 20.3. The number of piperidine rings is 2. The molecule has 1 aliphatic carbocycles. The zero-order chi connectivity index (χ0) is 23.3. The first kappa shape index (κ1) is 21.7. The van der Waals surface area contributed by atoms with Crippen LogP contribution in [0.15, 0.2) is 71.9 Å². The molecular weight excluding hydrogens is 442 g/mol. The van der Waals surface area contributed by atoms with Gasteiger partial charge in [0.15, 0.2) is 5.54 Å². The second kappa shape index (κ2) is 8.42. The summed E-state index contributed by atoms with van der Waals surface area (Å²) in [6.07, 6.45) is 3.95. The van der Waals surface area contributed by atoms with E-state index >= 15 is 0 Å². The third-order valence-electron chi connectivity index (χ3n) is 8.08. The average Bonchev–Trinajstić information content (AvgIpc) is 3.25. The van der Waals surface area contributed by atoms with Crippen LogP contribution < -0.4 is 4.74 Å². The molecule has 3 aliphatic heterocycles. The van der Waals surface area contributed by atoms with E-state index in [2.05, 4.69) is 35.0 Å². The van der Waals surface area contributed by atoms with E-state index < -0.39 is 5.54 Å². The summed E-state index contributed by atoms with van der Waals surface area (Å²) in [4.78, 5) is 25.7. The van der Waals surface area contributed by atoms with E-state index in [9.17, 15) is 4.79 Å². The van der Waals surface area contributed by atoms with Crippen LogP contribution in [0, 0.1) is 11.8 Å². The molecule has 0 N–H and O–H groups in total. The van der Waals surface area contributed by atoms with Crippen LogP contribution in [0.2, 0.25) is 0 Å². The molecule has 0 spiro atoms. The lowest BCUT2D eigenvalue weighted by molar-refractivity contribution is -0.160. The number of benzene rings is 2. The van der Waals surface area contributed by atoms with Gasteiger partial charge in [0, 0.05) is 17.6 Å². The molecule has 1 amide bonds. The first-order chi connectivity index (χ1) is 16.6. The summed E-state index contributed by atoms with van der Waals surface area (Å²) in [5, 5.41) is 2.09. The molecule has 3 fully saturated rings. The van der Waals surface area contributed by atoms with E-state index in [-0.39, 0.29) is 23.2 Å². The molecule has 3 aromatic rings. The molecule has 4 unspecified atom stereocenters. The number of thioether (sulfide) groups is 1. The summed E-state index contributed by atoms with van der Waals surface area (Å²) in [5.41, 5.74) is 2.19. The molecule has 5 nitrogen and oxygen atoms in total. The molecule has 4 heterocycles. The number of carbonyl (C=O) groups is 1. The highest BCUT2D eigenvalue weighted by atomic mass is 32.2. The van der Waals surface area contributed by atoms with Crippen LogP contribution in [-0.4, -0.2) is 45.6 Å². The van der Waals surface area contributed by atoms with Crippen LogP contribution in [0.4, 0.5) is 0 Å². The minimum Gasteiger partial charge on any atom is -0.475 e. The maximum Gasteiger partial charge on any atom is 0.252 e. The van der Waals surface area contributed by atoms with Crippen molar-refractivity contribution in [2.75, 3.05) is 6.61 Å². The van der Waals surface area contributed by atoms with Gasteiger partial charge in [-0.2, -0.15) is 0 Å². The molecular formula is C28H29N3O2S. The molecule has 2 saturated heterocycles. The molecule has 174 valence electrons. The van der Waals surface area contributed by atoms with Gasteiger partial charge in [-0.1, -0.05) is 55.5 Å². The summed E-state index contributed by atoms with van der Waals surface area (Å²) in [5.74, 6) is 1.79. The molecule has 2 bridgehead atoms. The van der Waals surface area contributed by atoms with Crippen LogP contribution >= 0.6 is 11.8 Å². The Morgan fingerprint density at radius 1 is 1.12 bits per heavy atom. The molecule has 34 heavy (non-hydrogen) atoms. The van der Waals surface area contributed by atoms with E-state index in [1.165, 1.54) is 0 Å². The minimum atomic E-state index is -0.815. The predicted octanol–water partition coefficient (Wildman–Crippen LogP) is 5.51. The first-order valence-corrected chi connectivity index (χ1v) is 13.0. The number of fused-ring (bicyclic) bond motifs is 3. The number of ether oxygens (including phenoxy) is 1.